The van der Waals surface area contributed by atoms with Crippen LogP contribution in [0.4, 0.5) is 0 Å². The summed E-state index contributed by atoms with van der Waals surface area (Å²) in [6, 6.07) is 0.465. The minimum atomic E-state index is -0.335. The molecule has 4 atom stereocenters. The second-order valence-electron chi connectivity index (χ2n) is 7.72. The summed E-state index contributed by atoms with van der Waals surface area (Å²) < 4.78 is 5.10. The summed E-state index contributed by atoms with van der Waals surface area (Å²) in [6.45, 7) is 3.78. The Morgan fingerprint density at radius 1 is 1.27 bits per heavy atom. The zero-order valence-electron chi connectivity index (χ0n) is 13.3. The molecule has 4 nitrogen and oxygen atoms in total. The molecule has 2 saturated carbocycles. The van der Waals surface area contributed by atoms with Crippen molar-refractivity contribution in [2.24, 2.45) is 22.7 Å². The molecular formula is C17H26N2O2S. The molecule has 0 aromatic heterocycles. The van der Waals surface area contributed by atoms with Crippen molar-refractivity contribution in [3.63, 3.8) is 0 Å². The molecule has 5 heteroatoms. The zero-order valence-corrected chi connectivity index (χ0v) is 14.2. The van der Waals surface area contributed by atoms with Gasteiger partial charge in [-0.1, -0.05) is 18.2 Å². The summed E-state index contributed by atoms with van der Waals surface area (Å²) in [7, 11) is 0. The third kappa shape index (κ3) is 2.82. The number of hydrogen-bond donors (Lipinski definition) is 1. The molecular weight excluding hydrogens is 296 g/mol. The lowest BCUT2D eigenvalue weighted by Crippen LogP contribution is -2.36. The fraction of sp³-hybridized carbons (Fsp3) is 0.882. The highest BCUT2D eigenvalue weighted by molar-refractivity contribution is 8.16. The fourth-order valence-corrected chi connectivity index (χ4v) is 5.95. The third-order valence-corrected chi connectivity index (χ3v) is 7.23. The fourth-order valence-electron chi connectivity index (χ4n) is 4.73. The quantitative estimate of drug-likeness (QED) is 0.869. The minimum absolute atomic E-state index is 0.158. The summed E-state index contributed by atoms with van der Waals surface area (Å²) in [6.07, 6.45) is 8.45. The maximum Gasteiger partial charge on any atom is 0.242 e. The van der Waals surface area contributed by atoms with Crippen LogP contribution in [0.2, 0.25) is 0 Å². The lowest BCUT2D eigenvalue weighted by atomic mass is 9.89. The van der Waals surface area contributed by atoms with Crippen LogP contribution >= 0.6 is 11.8 Å². The highest BCUT2D eigenvalue weighted by Gasteiger charge is 2.45. The van der Waals surface area contributed by atoms with Crippen LogP contribution in [0, 0.1) is 17.8 Å². The number of amides is 1. The predicted molar refractivity (Wildman–Crippen MR) is 89.0 cm³/mol. The topological polar surface area (TPSA) is 50.7 Å². The first-order valence-electron chi connectivity index (χ1n) is 8.78. The number of rotatable bonds is 3. The molecule has 0 spiro atoms. The number of hydrogen-bond acceptors (Lipinski definition) is 4. The van der Waals surface area contributed by atoms with Crippen molar-refractivity contribution in [1.29, 1.82) is 0 Å². The Labute approximate surface area is 136 Å². The molecule has 4 fully saturated rings. The van der Waals surface area contributed by atoms with Crippen molar-refractivity contribution in [3.8, 4) is 0 Å². The van der Waals surface area contributed by atoms with Gasteiger partial charge in [-0.15, -0.1) is 0 Å². The van der Waals surface area contributed by atoms with Crippen LogP contribution in [0.3, 0.4) is 0 Å². The molecule has 2 saturated heterocycles. The van der Waals surface area contributed by atoms with Crippen molar-refractivity contribution in [3.05, 3.63) is 0 Å². The van der Waals surface area contributed by atoms with E-state index in [0.717, 1.165) is 49.5 Å². The van der Waals surface area contributed by atoms with Crippen LogP contribution < -0.4 is 5.32 Å². The molecule has 1 N–H and O–H groups in total. The van der Waals surface area contributed by atoms with E-state index in [1.165, 1.54) is 25.7 Å². The highest BCUT2D eigenvalue weighted by Crippen LogP contribution is 2.47. The van der Waals surface area contributed by atoms with Crippen LogP contribution in [-0.2, 0) is 9.53 Å². The molecule has 2 heterocycles. The van der Waals surface area contributed by atoms with Crippen LogP contribution in [-0.4, -0.2) is 35.1 Å². The van der Waals surface area contributed by atoms with Gasteiger partial charge in [0.15, 0.2) is 5.17 Å². The van der Waals surface area contributed by atoms with Gasteiger partial charge >= 0.3 is 0 Å². The molecule has 2 bridgehead atoms. The van der Waals surface area contributed by atoms with E-state index in [1.54, 1.807) is 11.8 Å². The van der Waals surface area contributed by atoms with Crippen molar-refractivity contribution < 1.29 is 9.53 Å². The average molecular weight is 322 g/mol. The van der Waals surface area contributed by atoms with E-state index < -0.39 is 0 Å². The number of ether oxygens (including phenoxy) is 1. The molecule has 1 amide bonds. The van der Waals surface area contributed by atoms with Gasteiger partial charge < -0.3 is 10.1 Å². The highest BCUT2D eigenvalue weighted by atomic mass is 32.2. The van der Waals surface area contributed by atoms with Crippen LogP contribution in [0.25, 0.3) is 0 Å². The van der Waals surface area contributed by atoms with Gasteiger partial charge in [-0.25, -0.2) is 0 Å². The Morgan fingerprint density at radius 3 is 2.77 bits per heavy atom. The average Bonchev–Trinajstić information content (AvgIpc) is 3.16. The van der Waals surface area contributed by atoms with Crippen molar-refractivity contribution >= 4 is 22.8 Å². The smallest absolute Gasteiger partial charge is 0.242 e. The number of thioether (sulfide) groups is 1. The number of nitrogens with one attached hydrogen (secondary N) is 1. The summed E-state index contributed by atoms with van der Waals surface area (Å²) >= 11 is 1.68. The maximum atomic E-state index is 12.5. The van der Waals surface area contributed by atoms with E-state index in [4.69, 9.17) is 9.73 Å². The number of amidine groups is 1. The SMILES string of the molecule is CC1(CC2CCOCC2)SC(=N[C@H]2CC3CCC2C3)NC1=O. The Bertz CT molecular complexity index is 489. The minimum Gasteiger partial charge on any atom is -0.381 e. The molecule has 3 unspecified atom stereocenters. The summed E-state index contributed by atoms with van der Waals surface area (Å²) in [5, 5.41) is 3.95. The van der Waals surface area contributed by atoms with E-state index in [-0.39, 0.29) is 10.7 Å². The number of aliphatic imine (C=N–C) groups is 1. The molecule has 0 radical (unpaired) electrons. The van der Waals surface area contributed by atoms with E-state index in [2.05, 4.69) is 12.2 Å². The first-order valence-corrected chi connectivity index (χ1v) is 9.60. The molecule has 2 aliphatic heterocycles. The van der Waals surface area contributed by atoms with E-state index in [0.29, 0.717) is 12.0 Å². The number of carbonyl (C=O) groups is 1. The lowest BCUT2D eigenvalue weighted by Gasteiger charge is -2.28. The predicted octanol–water partition coefficient (Wildman–Crippen LogP) is 2.97. The van der Waals surface area contributed by atoms with Crippen molar-refractivity contribution in [1.82, 2.24) is 5.32 Å². The van der Waals surface area contributed by atoms with Gasteiger partial charge in [0.1, 0.15) is 0 Å². The normalized spacial score (nSPS) is 44.0. The van der Waals surface area contributed by atoms with Crippen molar-refractivity contribution in [2.75, 3.05) is 13.2 Å². The molecule has 4 aliphatic rings. The van der Waals surface area contributed by atoms with E-state index in [1.807, 2.05) is 0 Å². The molecule has 4 rings (SSSR count). The van der Waals surface area contributed by atoms with E-state index >= 15 is 0 Å². The molecule has 2 aliphatic carbocycles. The van der Waals surface area contributed by atoms with Gasteiger partial charge in [0.25, 0.3) is 0 Å². The molecule has 0 aromatic carbocycles. The number of fused-ring (bicyclic) bond motifs is 2. The molecule has 122 valence electrons. The van der Waals surface area contributed by atoms with Crippen molar-refractivity contribution in [2.45, 2.75) is 62.7 Å². The Hall–Kier alpha value is -0.550. The first kappa shape index (κ1) is 15.0. The van der Waals surface area contributed by atoms with Crippen LogP contribution in [0.5, 0.6) is 0 Å². The van der Waals surface area contributed by atoms with Gasteiger partial charge in [0.2, 0.25) is 5.91 Å². The summed E-state index contributed by atoms with van der Waals surface area (Å²) in [5.74, 6) is 2.44. The maximum absolute atomic E-state index is 12.5. The largest absolute Gasteiger partial charge is 0.381 e. The van der Waals surface area contributed by atoms with Gasteiger partial charge in [-0.2, -0.15) is 0 Å². The summed E-state index contributed by atoms with van der Waals surface area (Å²) in [5.41, 5.74) is 0. The summed E-state index contributed by atoms with van der Waals surface area (Å²) in [4.78, 5) is 17.4. The first-order chi connectivity index (χ1) is 10.6. The second kappa shape index (κ2) is 5.82. The Morgan fingerprint density at radius 2 is 2.09 bits per heavy atom. The number of nitrogens with zero attached hydrogens (tertiary/aromatic N) is 1. The van der Waals surface area contributed by atoms with Gasteiger partial charge in [-0.3, -0.25) is 9.79 Å². The standard InChI is InChI=1S/C17H26N2O2S/c1-17(10-11-4-6-21-7-5-11)15(20)19-16(22-17)18-14-9-12-2-3-13(14)8-12/h11-14H,2-10H2,1H3,(H,18,19,20)/t12?,13?,14-,17?/m0/s1. The van der Waals surface area contributed by atoms with Gasteiger partial charge in [0, 0.05) is 13.2 Å². The second-order valence-corrected chi connectivity index (χ2v) is 9.22. The third-order valence-electron chi connectivity index (χ3n) is 6.03. The zero-order chi connectivity index (χ0) is 15.2. The van der Waals surface area contributed by atoms with Crippen LogP contribution in [0.15, 0.2) is 4.99 Å². The Kier molecular flexibility index (Phi) is 3.97. The van der Waals surface area contributed by atoms with Gasteiger partial charge in [0.05, 0.1) is 10.8 Å². The van der Waals surface area contributed by atoms with Crippen LogP contribution in [0.1, 0.15) is 51.9 Å². The monoisotopic (exact) mass is 322 g/mol. The Balaban J connectivity index is 1.41. The molecule has 22 heavy (non-hydrogen) atoms. The van der Waals surface area contributed by atoms with E-state index in [9.17, 15) is 4.79 Å². The molecule has 0 aromatic rings. The number of carbonyl (C=O) groups excluding carboxylic acids is 1. The van der Waals surface area contributed by atoms with Gasteiger partial charge in [-0.05, 0) is 63.2 Å². The lowest BCUT2D eigenvalue weighted by molar-refractivity contribution is -0.121.